The van der Waals surface area contributed by atoms with Crippen molar-refractivity contribution >= 4 is 33.9 Å². The van der Waals surface area contributed by atoms with Crippen LogP contribution in [0.3, 0.4) is 0 Å². The number of pyridine rings is 1. The summed E-state index contributed by atoms with van der Waals surface area (Å²) >= 11 is 6.76. The second-order valence-electron chi connectivity index (χ2n) is 12.6. The van der Waals surface area contributed by atoms with E-state index in [0.29, 0.717) is 45.1 Å². The zero-order chi connectivity index (χ0) is 32.1. The van der Waals surface area contributed by atoms with E-state index in [0.717, 1.165) is 21.5 Å². The number of aromatic nitrogens is 6. The van der Waals surface area contributed by atoms with Gasteiger partial charge in [-0.3, -0.25) is 4.98 Å². The Hall–Kier alpha value is -4.63. The first-order chi connectivity index (χ1) is 21.3. The molecule has 2 aromatic carbocycles. The van der Waals surface area contributed by atoms with Crippen molar-refractivity contribution in [3.63, 3.8) is 0 Å². The maximum absolute atomic E-state index is 14.0. The second-order valence-corrected chi connectivity index (χ2v) is 13.0. The zero-order valence-electron chi connectivity index (χ0n) is 25.1. The zero-order valence-corrected chi connectivity index (χ0v) is 25.9. The fourth-order valence-electron chi connectivity index (χ4n) is 5.46. The molecule has 1 aliphatic carbocycles. The molecular weight excluding hydrogens is 603 g/mol. The third-order valence-electron chi connectivity index (χ3n) is 8.09. The van der Waals surface area contributed by atoms with Gasteiger partial charge in [0.15, 0.2) is 5.54 Å². The van der Waals surface area contributed by atoms with Gasteiger partial charge in [-0.1, -0.05) is 49.7 Å². The topological polar surface area (TPSA) is 109 Å². The van der Waals surface area contributed by atoms with Crippen LogP contribution < -0.4 is 10.6 Å². The van der Waals surface area contributed by atoms with Crippen LogP contribution in [0.4, 0.5) is 24.5 Å². The first-order valence-corrected chi connectivity index (χ1v) is 14.8. The summed E-state index contributed by atoms with van der Waals surface area (Å²) < 4.78 is 44.8. The predicted molar refractivity (Wildman–Crippen MR) is 166 cm³/mol. The number of alkyl halides is 3. The minimum Gasteiger partial charge on any atom is -0.383 e. The molecule has 1 fully saturated rings. The van der Waals surface area contributed by atoms with Crippen molar-refractivity contribution in [2.24, 2.45) is 5.41 Å². The first-order valence-electron chi connectivity index (χ1n) is 14.4. The van der Waals surface area contributed by atoms with Gasteiger partial charge in [-0.05, 0) is 54.5 Å². The van der Waals surface area contributed by atoms with E-state index in [2.05, 4.69) is 57.8 Å². The van der Waals surface area contributed by atoms with Gasteiger partial charge in [0.1, 0.15) is 11.8 Å². The standard InChI is InChI=1S/C32H31ClF3N9/c1-19-22(6-5-7-26(19)44-11-10-38-18-44)29(25-16-45(43-42-25)31(8-9-31)32(34,35)36)41-21-12-23-27(40-17-30(2,3)4)20(14-37)15-39-28(23)24(33)13-21/h5-7,10-13,15-16,18,29,41H,8-9,17H2,1-4H3,(H,39,40). The molecule has 13 heteroatoms. The Balaban J connectivity index is 1.48. The molecule has 5 aromatic rings. The summed E-state index contributed by atoms with van der Waals surface area (Å²) in [5, 5.41) is 26.0. The van der Waals surface area contributed by atoms with Crippen molar-refractivity contribution in [1.82, 2.24) is 29.5 Å². The predicted octanol–water partition coefficient (Wildman–Crippen LogP) is 7.56. The fourth-order valence-corrected chi connectivity index (χ4v) is 5.73. The molecular formula is C32H31ClF3N9. The number of nitrogens with one attached hydrogen (secondary N) is 2. The molecule has 1 atom stereocenters. The Morgan fingerprint density at radius 1 is 1.18 bits per heavy atom. The molecule has 9 nitrogen and oxygen atoms in total. The number of imidazole rings is 1. The molecule has 0 radical (unpaired) electrons. The van der Waals surface area contributed by atoms with Crippen molar-refractivity contribution in [3.8, 4) is 11.8 Å². The first kappa shape index (κ1) is 30.4. The van der Waals surface area contributed by atoms with Crippen LogP contribution in [-0.2, 0) is 5.54 Å². The van der Waals surface area contributed by atoms with E-state index in [4.69, 9.17) is 11.6 Å². The number of fused-ring (bicyclic) bond motifs is 1. The summed E-state index contributed by atoms with van der Waals surface area (Å²) in [6.07, 6.45) is 3.48. The lowest BCUT2D eigenvalue weighted by Crippen LogP contribution is -2.35. The Labute approximate surface area is 263 Å². The Kier molecular flexibility index (Phi) is 7.48. The average Bonchev–Trinajstić information content (AvgIpc) is 3.38. The van der Waals surface area contributed by atoms with Crippen LogP contribution in [0.25, 0.3) is 16.6 Å². The SMILES string of the molecule is Cc1c(C(Nc2cc(Cl)c3ncc(C#N)c(NCC(C)(C)C)c3c2)c2cn(C3(C(F)(F)F)CC3)nn2)cccc1-n1ccnc1. The summed E-state index contributed by atoms with van der Waals surface area (Å²) in [5.41, 5.74) is 2.72. The second kappa shape index (κ2) is 11.1. The lowest BCUT2D eigenvalue weighted by atomic mass is 9.96. The van der Waals surface area contributed by atoms with Gasteiger partial charge in [0.25, 0.3) is 0 Å². The monoisotopic (exact) mass is 633 g/mol. The van der Waals surface area contributed by atoms with Gasteiger partial charge >= 0.3 is 6.18 Å². The molecule has 2 N–H and O–H groups in total. The summed E-state index contributed by atoms with van der Waals surface area (Å²) in [6.45, 7) is 8.77. The molecule has 0 amide bonds. The van der Waals surface area contributed by atoms with E-state index >= 15 is 0 Å². The number of hydrogen-bond acceptors (Lipinski definition) is 7. The summed E-state index contributed by atoms with van der Waals surface area (Å²) in [7, 11) is 0. The summed E-state index contributed by atoms with van der Waals surface area (Å²) in [4.78, 5) is 8.60. The van der Waals surface area contributed by atoms with E-state index in [-0.39, 0.29) is 18.3 Å². The number of nitriles is 1. The third-order valence-corrected chi connectivity index (χ3v) is 8.38. The van der Waals surface area contributed by atoms with Crippen LogP contribution in [0.1, 0.15) is 62.0 Å². The molecule has 1 unspecified atom stereocenters. The number of rotatable bonds is 8. The van der Waals surface area contributed by atoms with Gasteiger partial charge in [0.05, 0.1) is 40.4 Å². The highest BCUT2D eigenvalue weighted by atomic mass is 35.5. The van der Waals surface area contributed by atoms with Gasteiger partial charge in [0.2, 0.25) is 0 Å². The molecule has 45 heavy (non-hydrogen) atoms. The molecule has 0 aliphatic heterocycles. The van der Waals surface area contributed by atoms with Crippen molar-refractivity contribution in [3.05, 3.63) is 88.9 Å². The number of anilines is 2. The van der Waals surface area contributed by atoms with Gasteiger partial charge in [-0.15, -0.1) is 5.10 Å². The lowest BCUT2D eigenvalue weighted by Gasteiger charge is -2.24. The number of nitrogens with zero attached hydrogens (tertiary/aromatic N) is 7. The Morgan fingerprint density at radius 2 is 1.96 bits per heavy atom. The smallest absolute Gasteiger partial charge is 0.383 e. The molecule has 0 spiro atoms. The quantitative estimate of drug-likeness (QED) is 0.181. The minimum absolute atomic E-state index is 0.0502. The van der Waals surface area contributed by atoms with Crippen molar-refractivity contribution < 1.29 is 13.2 Å². The highest BCUT2D eigenvalue weighted by molar-refractivity contribution is 6.35. The molecule has 1 aliphatic rings. The van der Waals surface area contributed by atoms with Gasteiger partial charge in [0, 0.05) is 41.9 Å². The minimum atomic E-state index is -4.45. The third kappa shape index (κ3) is 5.68. The number of benzene rings is 2. The van der Waals surface area contributed by atoms with Gasteiger partial charge in [-0.2, -0.15) is 18.4 Å². The average molecular weight is 634 g/mol. The molecule has 3 heterocycles. The van der Waals surface area contributed by atoms with Crippen LogP contribution >= 0.6 is 11.6 Å². The van der Waals surface area contributed by atoms with Crippen molar-refractivity contribution in [1.29, 1.82) is 5.26 Å². The maximum Gasteiger partial charge on any atom is 0.413 e. The van der Waals surface area contributed by atoms with Crippen LogP contribution in [0.5, 0.6) is 0 Å². The molecule has 232 valence electrons. The van der Waals surface area contributed by atoms with Crippen LogP contribution in [0.15, 0.2) is 61.4 Å². The van der Waals surface area contributed by atoms with E-state index in [9.17, 15) is 18.4 Å². The molecule has 6 rings (SSSR count). The highest BCUT2D eigenvalue weighted by Gasteiger charge is 2.66. The van der Waals surface area contributed by atoms with Crippen LogP contribution in [-0.4, -0.2) is 42.2 Å². The van der Waals surface area contributed by atoms with Crippen molar-refractivity contribution in [2.75, 3.05) is 17.2 Å². The molecule has 1 saturated carbocycles. The highest BCUT2D eigenvalue weighted by Crippen LogP contribution is 2.55. The van der Waals surface area contributed by atoms with E-state index in [1.165, 1.54) is 12.4 Å². The maximum atomic E-state index is 14.0. The Morgan fingerprint density at radius 3 is 2.60 bits per heavy atom. The van der Waals surface area contributed by atoms with E-state index in [1.807, 2.05) is 42.0 Å². The van der Waals surface area contributed by atoms with Crippen LogP contribution in [0, 0.1) is 23.7 Å². The van der Waals surface area contributed by atoms with Gasteiger partial charge < -0.3 is 15.2 Å². The lowest BCUT2D eigenvalue weighted by molar-refractivity contribution is -0.182. The summed E-state index contributed by atoms with van der Waals surface area (Å²) in [6, 6.07) is 10.8. The molecule has 0 saturated heterocycles. The molecule has 3 aromatic heterocycles. The van der Waals surface area contributed by atoms with Crippen molar-refractivity contribution in [2.45, 2.75) is 58.3 Å². The largest absolute Gasteiger partial charge is 0.413 e. The van der Waals surface area contributed by atoms with E-state index in [1.54, 1.807) is 18.6 Å². The summed E-state index contributed by atoms with van der Waals surface area (Å²) in [5.74, 6) is 0. The van der Waals surface area contributed by atoms with Gasteiger partial charge in [-0.25, -0.2) is 9.67 Å². The Bertz CT molecular complexity index is 1910. The number of halogens is 4. The van der Waals surface area contributed by atoms with Crippen LogP contribution in [0.2, 0.25) is 5.02 Å². The van der Waals surface area contributed by atoms with E-state index < -0.39 is 17.8 Å². The fraction of sp³-hybridized carbons (Fsp3) is 0.344. The normalized spacial score (nSPS) is 15.1. The molecule has 0 bridgehead atoms. The number of hydrogen-bond donors (Lipinski definition) is 2.